The number of hydrogen-bond donors (Lipinski definition) is 2. The van der Waals surface area contributed by atoms with Crippen LogP contribution in [0, 0.1) is 0 Å². The molecular weight excluding hydrogens is 385 g/mol. The summed E-state index contributed by atoms with van der Waals surface area (Å²) in [6.07, 6.45) is 0. The summed E-state index contributed by atoms with van der Waals surface area (Å²) in [7, 11) is 0. The lowest BCUT2D eigenvalue weighted by atomic mass is 10.2. The van der Waals surface area contributed by atoms with Gasteiger partial charge in [0.1, 0.15) is 0 Å². The summed E-state index contributed by atoms with van der Waals surface area (Å²) in [4.78, 5) is 23.1. The Bertz CT molecular complexity index is 740. The number of nitrogens with zero attached hydrogens (tertiary/aromatic N) is 2. The van der Waals surface area contributed by atoms with Gasteiger partial charge in [-0.1, -0.05) is 23.2 Å². The predicted molar refractivity (Wildman–Crippen MR) is 81.1 cm³/mol. The average molecular weight is 391 g/mol. The molecule has 0 saturated heterocycles. The van der Waals surface area contributed by atoms with E-state index in [9.17, 15) is 9.59 Å². The van der Waals surface area contributed by atoms with Gasteiger partial charge in [-0.15, -0.1) is 10.2 Å². The lowest BCUT2D eigenvalue weighted by molar-refractivity contribution is 0.0696. The van der Waals surface area contributed by atoms with Gasteiger partial charge in [-0.05, 0) is 40.2 Å². The summed E-state index contributed by atoms with van der Waals surface area (Å²) in [6.45, 7) is 0. The van der Waals surface area contributed by atoms with Crippen LogP contribution in [0.1, 0.15) is 20.7 Å². The molecule has 0 unspecified atom stereocenters. The van der Waals surface area contributed by atoms with Crippen LogP contribution in [0.5, 0.6) is 0 Å². The van der Waals surface area contributed by atoms with Crippen LogP contribution in [-0.2, 0) is 0 Å². The highest BCUT2D eigenvalue weighted by atomic mass is 79.9. The average Bonchev–Trinajstić information content (AvgIpc) is 2.43. The van der Waals surface area contributed by atoms with E-state index in [1.54, 1.807) is 0 Å². The molecule has 1 aromatic carbocycles. The molecular formula is C12H6BrCl2N3O3. The fourth-order valence-corrected chi connectivity index (χ4v) is 2.13. The molecule has 0 radical (unpaired) electrons. The van der Waals surface area contributed by atoms with Gasteiger partial charge < -0.3 is 10.4 Å². The minimum absolute atomic E-state index is 0.0166. The summed E-state index contributed by atoms with van der Waals surface area (Å²) in [5.41, 5.74) is 0.346. The maximum Gasteiger partial charge on any atom is 0.335 e. The quantitative estimate of drug-likeness (QED) is 0.836. The number of carboxylic acid groups (broad SMARTS) is 1. The number of halogens is 3. The van der Waals surface area contributed by atoms with Crippen LogP contribution in [0.15, 0.2) is 28.7 Å². The van der Waals surface area contributed by atoms with Gasteiger partial charge in [0.25, 0.3) is 5.91 Å². The third-order valence-corrected chi connectivity index (χ3v) is 3.58. The molecule has 0 aliphatic rings. The Labute approximate surface area is 137 Å². The van der Waals surface area contributed by atoms with E-state index in [1.165, 1.54) is 24.3 Å². The highest BCUT2D eigenvalue weighted by molar-refractivity contribution is 9.10. The van der Waals surface area contributed by atoms with E-state index in [-0.39, 0.29) is 27.1 Å². The van der Waals surface area contributed by atoms with E-state index in [0.717, 1.165) is 0 Å². The van der Waals surface area contributed by atoms with Crippen molar-refractivity contribution >= 4 is 56.7 Å². The van der Waals surface area contributed by atoms with Gasteiger partial charge in [0.05, 0.1) is 16.8 Å². The van der Waals surface area contributed by atoms with Crippen LogP contribution in [-0.4, -0.2) is 27.2 Å². The molecule has 1 amide bonds. The zero-order valence-electron chi connectivity index (χ0n) is 10.1. The van der Waals surface area contributed by atoms with E-state index in [0.29, 0.717) is 4.47 Å². The van der Waals surface area contributed by atoms with Crippen molar-refractivity contribution in [2.75, 3.05) is 5.32 Å². The Morgan fingerprint density at radius 3 is 2.57 bits per heavy atom. The second kappa shape index (κ2) is 6.38. The van der Waals surface area contributed by atoms with Crippen LogP contribution < -0.4 is 5.32 Å². The standard InChI is InChI=1S/C12H6BrCl2N3O3/c13-7-2-1-5(12(20)21)3-8(7)16-11(19)6-4-9(14)17-18-10(6)15/h1-4H,(H,16,19)(H,20,21). The minimum Gasteiger partial charge on any atom is -0.478 e. The van der Waals surface area contributed by atoms with Crippen LogP contribution in [0.25, 0.3) is 0 Å². The number of carboxylic acids is 1. The maximum atomic E-state index is 12.1. The van der Waals surface area contributed by atoms with Crippen LogP contribution in [0.3, 0.4) is 0 Å². The van der Waals surface area contributed by atoms with E-state index in [2.05, 4.69) is 31.4 Å². The zero-order valence-corrected chi connectivity index (χ0v) is 13.2. The van der Waals surface area contributed by atoms with Crippen LogP contribution in [0.4, 0.5) is 5.69 Å². The summed E-state index contributed by atoms with van der Waals surface area (Å²) in [6, 6.07) is 5.49. The van der Waals surface area contributed by atoms with Gasteiger partial charge >= 0.3 is 5.97 Å². The molecule has 0 fully saturated rings. The molecule has 0 bridgehead atoms. The predicted octanol–water partition coefficient (Wildman–Crippen LogP) is 3.50. The largest absolute Gasteiger partial charge is 0.478 e. The number of carbonyl (C=O) groups excluding carboxylic acids is 1. The second-order valence-electron chi connectivity index (χ2n) is 3.83. The molecule has 1 aromatic heterocycles. The monoisotopic (exact) mass is 389 g/mol. The van der Waals surface area contributed by atoms with Crippen LogP contribution in [0.2, 0.25) is 10.3 Å². The molecule has 0 atom stereocenters. The Kier molecular flexibility index (Phi) is 4.76. The zero-order chi connectivity index (χ0) is 15.6. The Morgan fingerprint density at radius 1 is 1.19 bits per heavy atom. The van der Waals surface area contributed by atoms with E-state index in [1.807, 2.05) is 0 Å². The summed E-state index contributed by atoms with van der Waals surface area (Å²) < 4.78 is 0.519. The fourth-order valence-electron chi connectivity index (χ4n) is 1.46. The molecule has 2 rings (SSSR count). The molecule has 1 heterocycles. The lowest BCUT2D eigenvalue weighted by Gasteiger charge is -2.09. The number of aromatic nitrogens is 2. The molecule has 2 N–H and O–H groups in total. The first-order chi connectivity index (χ1) is 9.88. The third-order valence-electron chi connectivity index (χ3n) is 2.43. The van der Waals surface area contributed by atoms with Gasteiger partial charge in [0.2, 0.25) is 0 Å². The van der Waals surface area contributed by atoms with Crippen molar-refractivity contribution in [1.82, 2.24) is 10.2 Å². The first kappa shape index (κ1) is 15.7. The fraction of sp³-hybridized carbons (Fsp3) is 0. The number of aromatic carboxylic acids is 1. The molecule has 0 saturated carbocycles. The summed E-state index contributed by atoms with van der Waals surface area (Å²) in [5, 5.41) is 18.4. The van der Waals surface area contributed by atoms with Crippen molar-refractivity contribution in [2.24, 2.45) is 0 Å². The second-order valence-corrected chi connectivity index (χ2v) is 5.43. The molecule has 0 spiro atoms. The number of benzene rings is 1. The highest BCUT2D eigenvalue weighted by Gasteiger charge is 2.15. The Morgan fingerprint density at radius 2 is 1.90 bits per heavy atom. The van der Waals surface area contributed by atoms with Crippen molar-refractivity contribution in [3.63, 3.8) is 0 Å². The SMILES string of the molecule is O=C(O)c1ccc(Br)c(NC(=O)c2cc(Cl)nnc2Cl)c1. The smallest absolute Gasteiger partial charge is 0.335 e. The molecule has 6 nitrogen and oxygen atoms in total. The third kappa shape index (κ3) is 3.69. The van der Waals surface area contributed by atoms with E-state index in [4.69, 9.17) is 28.3 Å². The van der Waals surface area contributed by atoms with Crippen molar-refractivity contribution < 1.29 is 14.7 Å². The maximum absolute atomic E-state index is 12.1. The topological polar surface area (TPSA) is 92.2 Å². The minimum atomic E-state index is -1.11. The Hall–Kier alpha value is -1.70. The molecule has 9 heteroatoms. The molecule has 2 aromatic rings. The number of nitrogens with one attached hydrogen (secondary N) is 1. The van der Waals surface area contributed by atoms with Crippen molar-refractivity contribution in [1.29, 1.82) is 0 Å². The number of rotatable bonds is 3. The van der Waals surface area contributed by atoms with Gasteiger partial charge in [-0.3, -0.25) is 4.79 Å². The first-order valence-corrected chi connectivity index (χ1v) is 6.96. The van der Waals surface area contributed by atoms with Crippen molar-refractivity contribution in [2.45, 2.75) is 0 Å². The van der Waals surface area contributed by atoms with Gasteiger partial charge in [-0.2, -0.15) is 0 Å². The molecule has 108 valence electrons. The number of hydrogen-bond acceptors (Lipinski definition) is 4. The van der Waals surface area contributed by atoms with Crippen LogP contribution >= 0.6 is 39.1 Å². The van der Waals surface area contributed by atoms with Gasteiger partial charge in [0.15, 0.2) is 10.3 Å². The summed E-state index contributed by atoms with van der Waals surface area (Å²) in [5.74, 6) is -1.69. The molecule has 21 heavy (non-hydrogen) atoms. The lowest BCUT2D eigenvalue weighted by Crippen LogP contribution is -2.14. The number of carbonyl (C=O) groups is 2. The van der Waals surface area contributed by atoms with Crippen molar-refractivity contribution in [3.05, 3.63) is 50.2 Å². The van der Waals surface area contributed by atoms with E-state index < -0.39 is 11.9 Å². The van der Waals surface area contributed by atoms with E-state index >= 15 is 0 Å². The molecule has 0 aliphatic heterocycles. The number of anilines is 1. The normalized spacial score (nSPS) is 10.2. The number of amides is 1. The first-order valence-electron chi connectivity index (χ1n) is 5.41. The molecule has 0 aliphatic carbocycles. The van der Waals surface area contributed by atoms with Crippen molar-refractivity contribution in [3.8, 4) is 0 Å². The Balaban J connectivity index is 2.33. The summed E-state index contributed by atoms with van der Waals surface area (Å²) >= 11 is 14.7. The highest BCUT2D eigenvalue weighted by Crippen LogP contribution is 2.25. The van der Waals surface area contributed by atoms with Gasteiger partial charge in [-0.25, -0.2) is 4.79 Å². The van der Waals surface area contributed by atoms with Gasteiger partial charge in [0, 0.05) is 4.47 Å².